The first kappa shape index (κ1) is 20.6. The van der Waals surface area contributed by atoms with Crippen LogP contribution in [0.15, 0.2) is 61.2 Å². The highest BCUT2D eigenvalue weighted by Gasteiger charge is 2.45. The van der Waals surface area contributed by atoms with Crippen molar-refractivity contribution in [3.05, 3.63) is 77.3 Å². The predicted molar refractivity (Wildman–Crippen MR) is 113 cm³/mol. The maximum Gasteiger partial charge on any atom is 0.235 e. The fourth-order valence-electron chi connectivity index (χ4n) is 3.35. The van der Waals surface area contributed by atoms with Gasteiger partial charge in [-0.05, 0) is 48.2 Å². The summed E-state index contributed by atoms with van der Waals surface area (Å²) in [5.74, 6) is -0.185. The fraction of sp³-hybridized carbons (Fsp3) is 0.286. The molecule has 5 nitrogen and oxygen atoms in total. The largest absolute Gasteiger partial charge is 0.325 e. The molecule has 1 saturated carbocycles. The zero-order valence-electron chi connectivity index (χ0n) is 15.4. The number of carbonyl (C=O) groups excluding carboxylic acids is 1. The second-order valence-corrected chi connectivity index (χ2v) is 9.24. The molecular formula is C21H23ClN2O3S. The van der Waals surface area contributed by atoms with E-state index in [1.54, 1.807) is 30.3 Å². The number of halogens is 1. The third-order valence-corrected chi connectivity index (χ3v) is 6.59. The number of rotatable bonds is 8. The monoisotopic (exact) mass is 418 g/mol. The van der Waals surface area contributed by atoms with Crippen LogP contribution in [0.1, 0.15) is 30.4 Å². The van der Waals surface area contributed by atoms with E-state index < -0.39 is 15.4 Å². The Balaban J connectivity index is 1.70. The molecule has 0 radical (unpaired) electrons. The van der Waals surface area contributed by atoms with Crippen LogP contribution in [0.25, 0.3) is 0 Å². The summed E-state index contributed by atoms with van der Waals surface area (Å²) in [5, 5.41) is 3.58. The summed E-state index contributed by atoms with van der Waals surface area (Å²) in [6.07, 6.45) is 4.05. The van der Waals surface area contributed by atoms with Gasteiger partial charge in [0, 0.05) is 17.3 Å². The topological polar surface area (TPSA) is 75.3 Å². The Hall–Kier alpha value is -2.15. The third-order valence-electron chi connectivity index (χ3n) is 5.04. The maximum atomic E-state index is 13.0. The Labute approximate surface area is 170 Å². The van der Waals surface area contributed by atoms with E-state index in [4.69, 9.17) is 11.6 Å². The predicted octanol–water partition coefficient (Wildman–Crippen LogP) is 4.01. The van der Waals surface area contributed by atoms with Crippen molar-refractivity contribution in [2.75, 3.05) is 11.9 Å². The zero-order chi connectivity index (χ0) is 20.2. The number of benzene rings is 2. The van der Waals surface area contributed by atoms with E-state index in [-0.39, 0.29) is 18.2 Å². The first-order chi connectivity index (χ1) is 13.3. The number of nitrogens with one attached hydrogen (secondary N) is 2. The summed E-state index contributed by atoms with van der Waals surface area (Å²) in [7, 11) is -3.41. The van der Waals surface area contributed by atoms with Crippen LogP contribution in [0.3, 0.4) is 0 Å². The molecular weight excluding hydrogens is 396 g/mol. The van der Waals surface area contributed by atoms with Crippen LogP contribution >= 0.6 is 11.6 Å². The van der Waals surface area contributed by atoms with Gasteiger partial charge in [-0.1, -0.05) is 48.4 Å². The second kappa shape index (κ2) is 8.47. The molecule has 0 spiro atoms. The van der Waals surface area contributed by atoms with E-state index in [2.05, 4.69) is 16.6 Å². The van der Waals surface area contributed by atoms with Crippen LogP contribution in [0.2, 0.25) is 5.02 Å². The lowest BCUT2D eigenvalue weighted by Crippen LogP contribution is -2.46. The minimum Gasteiger partial charge on any atom is -0.325 e. The number of carbonyl (C=O) groups is 1. The van der Waals surface area contributed by atoms with Crippen LogP contribution in [-0.4, -0.2) is 20.9 Å². The first-order valence-electron chi connectivity index (χ1n) is 9.09. The summed E-state index contributed by atoms with van der Waals surface area (Å²) < 4.78 is 26.3. The van der Waals surface area contributed by atoms with Crippen molar-refractivity contribution in [1.82, 2.24) is 4.72 Å². The average Bonchev–Trinajstić information content (AvgIpc) is 2.61. The molecule has 148 valence electrons. The summed E-state index contributed by atoms with van der Waals surface area (Å²) in [6.45, 7) is 3.69. The van der Waals surface area contributed by atoms with Gasteiger partial charge in [0.2, 0.25) is 15.9 Å². The van der Waals surface area contributed by atoms with Gasteiger partial charge < -0.3 is 5.32 Å². The smallest absolute Gasteiger partial charge is 0.235 e. The lowest BCUT2D eigenvalue weighted by molar-refractivity contribution is -0.124. The zero-order valence-corrected chi connectivity index (χ0v) is 17.0. The van der Waals surface area contributed by atoms with Gasteiger partial charge in [0.1, 0.15) is 0 Å². The molecule has 0 aliphatic heterocycles. The standard InChI is InChI=1S/C21H23ClN2O3S/c1-2-13-23-28(26,27)15-16-7-9-19(10-8-16)24-20(25)21(11-4-12-21)17-5-3-6-18(22)14-17/h2-3,5-10,14,23H,1,4,11-13,15H2,(H,24,25). The Bertz CT molecular complexity index is 967. The highest BCUT2D eigenvalue weighted by molar-refractivity contribution is 7.88. The van der Waals surface area contributed by atoms with E-state index in [0.29, 0.717) is 16.3 Å². The molecule has 0 saturated heterocycles. The Morgan fingerprint density at radius 3 is 2.46 bits per heavy atom. The molecule has 1 fully saturated rings. The molecule has 1 aliphatic rings. The van der Waals surface area contributed by atoms with Crippen molar-refractivity contribution in [3.8, 4) is 0 Å². The summed E-state index contributed by atoms with van der Waals surface area (Å²) >= 11 is 6.11. The molecule has 1 amide bonds. The Kier molecular flexibility index (Phi) is 6.23. The van der Waals surface area contributed by atoms with Crippen LogP contribution < -0.4 is 10.0 Å². The van der Waals surface area contributed by atoms with E-state index in [9.17, 15) is 13.2 Å². The maximum absolute atomic E-state index is 13.0. The van der Waals surface area contributed by atoms with Crippen molar-refractivity contribution in [2.24, 2.45) is 0 Å². The van der Waals surface area contributed by atoms with Crippen LogP contribution in [0.5, 0.6) is 0 Å². The van der Waals surface area contributed by atoms with Crippen molar-refractivity contribution in [1.29, 1.82) is 0 Å². The quantitative estimate of drug-likeness (QED) is 0.636. The SMILES string of the molecule is C=CCNS(=O)(=O)Cc1ccc(NC(=O)C2(c3cccc(Cl)c3)CCC2)cc1. The molecule has 0 aromatic heterocycles. The van der Waals surface area contributed by atoms with Gasteiger partial charge in [-0.2, -0.15) is 0 Å². The van der Waals surface area contributed by atoms with E-state index in [1.165, 1.54) is 6.08 Å². The summed E-state index contributed by atoms with van der Waals surface area (Å²) in [4.78, 5) is 13.0. The van der Waals surface area contributed by atoms with Crippen molar-refractivity contribution >= 4 is 33.2 Å². The average molecular weight is 419 g/mol. The van der Waals surface area contributed by atoms with Gasteiger partial charge in [-0.15, -0.1) is 6.58 Å². The summed E-state index contributed by atoms with van der Waals surface area (Å²) in [5.41, 5.74) is 1.66. The molecule has 0 heterocycles. The lowest BCUT2D eigenvalue weighted by Gasteiger charge is -2.40. The fourth-order valence-corrected chi connectivity index (χ4v) is 4.65. The molecule has 2 N–H and O–H groups in total. The molecule has 28 heavy (non-hydrogen) atoms. The van der Waals surface area contributed by atoms with Gasteiger partial charge in [-0.3, -0.25) is 4.79 Å². The minimum atomic E-state index is -3.41. The highest BCUT2D eigenvalue weighted by Crippen LogP contribution is 2.45. The Morgan fingerprint density at radius 1 is 1.18 bits per heavy atom. The van der Waals surface area contributed by atoms with Crippen molar-refractivity contribution < 1.29 is 13.2 Å². The number of hydrogen-bond donors (Lipinski definition) is 2. The molecule has 2 aromatic carbocycles. The molecule has 0 unspecified atom stereocenters. The minimum absolute atomic E-state index is 0.0611. The number of hydrogen-bond acceptors (Lipinski definition) is 3. The van der Waals surface area contributed by atoms with Crippen molar-refractivity contribution in [2.45, 2.75) is 30.4 Å². The van der Waals surface area contributed by atoms with Gasteiger partial charge >= 0.3 is 0 Å². The molecule has 7 heteroatoms. The van der Waals surface area contributed by atoms with Gasteiger partial charge in [0.15, 0.2) is 0 Å². The summed E-state index contributed by atoms with van der Waals surface area (Å²) in [6, 6.07) is 14.3. The number of amides is 1. The van der Waals surface area contributed by atoms with E-state index in [0.717, 1.165) is 24.8 Å². The Morgan fingerprint density at radius 2 is 1.89 bits per heavy atom. The molecule has 0 bridgehead atoms. The number of sulfonamides is 1. The molecule has 2 aromatic rings. The van der Waals surface area contributed by atoms with Crippen LogP contribution in [0, 0.1) is 0 Å². The molecule has 0 atom stereocenters. The van der Waals surface area contributed by atoms with Gasteiger partial charge in [0.05, 0.1) is 11.2 Å². The highest BCUT2D eigenvalue weighted by atomic mass is 35.5. The molecule has 1 aliphatic carbocycles. The van der Waals surface area contributed by atoms with E-state index >= 15 is 0 Å². The lowest BCUT2D eigenvalue weighted by atomic mass is 9.64. The first-order valence-corrected chi connectivity index (χ1v) is 11.1. The third kappa shape index (κ3) is 4.63. The van der Waals surface area contributed by atoms with Gasteiger partial charge in [-0.25, -0.2) is 13.1 Å². The second-order valence-electron chi connectivity index (χ2n) is 6.99. The van der Waals surface area contributed by atoms with Crippen LogP contribution in [-0.2, 0) is 26.0 Å². The van der Waals surface area contributed by atoms with Gasteiger partial charge in [0.25, 0.3) is 0 Å². The number of anilines is 1. The normalized spacial score (nSPS) is 15.5. The van der Waals surface area contributed by atoms with Crippen molar-refractivity contribution in [3.63, 3.8) is 0 Å². The molecule has 3 rings (SSSR count). The van der Waals surface area contributed by atoms with Crippen LogP contribution in [0.4, 0.5) is 5.69 Å². The van der Waals surface area contributed by atoms with E-state index in [1.807, 2.05) is 18.2 Å².